The summed E-state index contributed by atoms with van der Waals surface area (Å²) in [5.41, 5.74) is 1.74. The molecule has 0 spiro atoms. The standard InChI is InChI=1S/C15H15NO5S/c1-10-5-4-6-14(12(10)3)21-22(19,20)15-8-7-13(16(17)18)9-11(15)2/h4-9H,1-3H3. The van der Waals surface area contributed by atoms with Crippen LogP contribution in [0.25, 0.3) is 0 Å². The van der Waals surface area contributed by atoms with Gasteiger partial charge >= 0.3 is 10.1 Å². The molecule has 0 atom stereocenters. The fraction of sp³-hybridized carbons (Fsp3) is 0.200. The van der Waals surface area contributed by atoms with Crippen LogP contribution in [0.4, 0.5) is 5.69 Å². The van der Waals surface area contributed by atoms with E-state index in [0.717, 1.165) is 17.2 Å². The van der Waals surface area contributed by atoms with Crippen molar-refractivity contribution in [3.8, 4) is 5.75 Å². The number of nitro benzene ring substituents is 1. The highest BCUT2D eigenvalue weighted by Gasteiger charge is 2.22. The van der Waals surface area contributed by atoms with Gasteiger partial charge in [-0.15, -0.1) is 0 Å². The van der Waals surface area contributed by atoms with E-state index in [0.29, 0.717) is 0 Å². The van der Waals surface area contributed by atoms with Gasteiger partial charge in [0.15, 0.2) is 0 Å². The molecule has 116 valence electrons. The zero-order valence-electron chi connectivity index (χ0n) is 12.4. The molecule has 0 radical (unpaired) electrons. The first-order chi connectivity index (χ1) is 10.2. The first-order valence-corrected chi connectivity index (χ1v) is 7.89. The van der Waals surface area contributed by atoms with Gasteiger partial charge in [-0.3, -0.25) is 10.1 Å². The number of rotatable bonds is 4. The van der Waals surface area contributed by atoms with E-state index < -0.39 is 15.0 Å². The Bertz CT molecular complexity index is 843. The summed E-state index contributed by atoms with van der Waals surface area (Å²) in [6.45, 7) is 5.11. The number of nitrogens with zero attached hydrogens (tertiary/aromatic N) is 1. The maximum Gasteiger partial charge on any atom is 0.339 e. The molecule has 0 N–H and O–H groups in total. The van der Waals surface area contributed by atoms with Crippen LogP contribution in [0, 0.1) is 30.9 Å². The molecular formula is C15H15NO5S. The van der Waals surface area contributed by atoms with Crippen molar-refractivity contribution in [2.75, 3.05) is 0 Å². The van der Waals surface area contributed by atoms with Gasteiger partial charge in [0, 0.05) is 12.1 Å². The molecule has 0 aliphatic carbocycles. The van der Waals surface area contributed by atoms with Crippen LogP contribution in [0.1, 0.15) is 16.7 Å². The van der Waals surface area contributed by atoms with Gasteiger partial charge in [0.1, 0.15) is 10.6 Å². The van der Waals surface area contributed by atoms with Crippen molar-refractivity contribution in [2.24, 2.45) is 0 Å². The van der Waals surface area contributed by atoms with Crippen molar-refractivity contribution in [3.63, 3.8) is 0 Å². The summed E-state index contributed by atoms with van der Waals surface area (Å²) in [5, 5.41) is 10.7. The Labute approximate surface area is 128 Å². The molecular weight excluding hydrogens is 306 g/mol. The normalized spacial score (nSPS) is 11.2. The third-order valence-corrected chi connectivity index (χ3v) is 4.79. The maximum atomic E-state index is 12.4. The quantitative estimate of drug-likeness (QED) is 0.490. The van der Waals surface area contributed by atoms with Gasteiger partial charge in [-0.05, 0) is 49.6 Å². The van der Waals surface area contributed by atoms with Crippen molar-refractivity contribution < 1.29 is 17.5 Å². The average Bonchev–Trinajstić information content (AvgIpc) is 2.43. The molecule has 2 rings (SSSR count). The van der Waals surface area contributed by atoms with E-state index in [9.17, 15) is 18.5 Å². The maximum absolute atomic E-state index is 12.4. The number of benzene rings is 2. The lowest BCUT2D eigenvalue weighted by molar-refractivity contribution is -0.385. The highest BCUT2D eigenvalue weighted by molar-refractivity contribution is 7.87. The molecule has 6 nitrogen and oxygen atoms in total. The van der Waals surface area contributed by atoms with Crippen molar-refractivity contribution in [3.05, 3.63) is 63.2 Å². The van der Waals surface area contributed by atoms with Gasteiger partial charge in [-0.25, -0.2) is 0 Å². The van der Waals surface area contributed by atoms with Gasteiger partial charge in [-0.1, -0.05) is 12.1 Å². The Morgan fingerprint density at radius 3 is 2.32 bits per heavy atom. The minimum Gasteiger partial charge on any atom is -0.379 e. The summed E-state index contributed by atoms with van der Waals surface area (Å²) in [6, 6.07) is 8.67. The van der Waals surface area contributed by atoms with Gasteiger partial charge in [0.2, 0.25) is 0 Å². The Morgan fingerprint density at radius 2 is 1.73 bits per heavy atom. The van der Waals surface area contributed by atoms with E-state index in [-0.39, 0.29) is 21.9 Å². The van der Waals surface area contributed by atoms with Gasteiger partial charge < -0.3 is 4.18 Å². The van der Waals surface area contributed by atoms with E-state index in [4.69, 9.17) is 4.18 Å². The highest BCUT2D eigenvalue weighted by atomic mass is 32.2. The number of hydrogen-bond acceptors (Lipinski definition) is 5. The molecule has 0 aliphatic heterocycles. The van der Waals surface area contributed by atoms with Crippen LogP contribution < -0.4 is 4.18 Å². The smallest absolute Gasteiger partial charge is 0.339 e. The third kappa shape index (κ3) is 3.09. The molecule has 7 heteroatoms. The summed E-state index contributed by atoms with van der Waals surface area (Å²) < 4.78 is 29.9. The Morgan fingerprint density at radius 1 is 1.05 bits per heavy atom. The van der Waals surface area contributed by atoms with Crippen molar-refractivity contribution in [1.82, 2.24) is 0 Å². The number of hydrogen-bond donors (Lipinski definition) is 0. The molecule has 22 heavy (non-hydrogen) atoms. The zero-order valence-corrected chi connectivity index (χ0v) is 13.2. The minimum absolute atomic E-state index is 0.0843. The molecule has 0 saturated carbocycles. The largest absolute Gasteiger partial charge is 0.379 e. The van der Waals surface area contributed by atoms with Crippen LogP contribution in [0.3, 0.4) is 0 Å². The lowest BCUT2D eigenvalue weighted by atomic mass is 10.1. The molecule has 0 unspecified atom stereocenters. The second-order valence-corrected chi connectivity index (χ2v) is 6.46. The number of aryl methyl sites for hydroxylation is 2. The van der Waals surface area contributed by atoms with E-state index in [2.05, 4.69) is 0 Å². The van der Waals surface area contributed by atoms with E-state index in [1.807, 2.05) is 13.0 Å². The second-order valence-electron chi connectivity index (χ2n) is 4.94. The molecule has 0 aliphatic rings. The third-order valence-electron chi connectivity index (χ3n) is 3.39. The minimum atomic E-state index is -4.05. The molecule has 0 aromatic heterocycles. The summed E-state index contributed by atoms with van der Waals surface area (Å²) >= 11 is 0. The molecule has 0 amide bonds. The van der Waals surface area contributed by atoms with Crippen LogP contribution in [0.15, 0.2) is 41.3 Å². The Balaban J connectivity index is 2.43. The van der Waals surface area contributed by atoms with Gasteiger partial charge in [-0.2, -0.15) is 8.42 Å². The number of non-ortho nitro benzene ring substituents is 1. The number of nitro groups is 1. The van der Waals surface area contributed by atoms with Crippen molar-refractivity contribution in [2.45, 2.75) is 25.7 Å². The van der Waals surface area contributed by atoms with Crippen molar-refractivity contribution >= 4 is 15.8 Å². The van der Waals surface area contributed by atoms with Gasteiger partial charge in [0.25, 0.3) is 5.69 Å². The zero-order chi connectivity index (χ0) is 16.5. The first kappa shape index (κ1) is 16.0. The summed E-state index contributed by atoms with van der Waals surface area (Å²) in [6.07, 6.45) is 0. The highest BCUT2D eigenvalue weighted by Crippen LogP contribution is 2.27. The van der Waals surface area contributed by atoms with Crippen molar-refractivity contribution in [1.29, 1.82) is 0 Å². The molecule has 0 bridgehead atoms. The molecule has 0 fully saturated rings. The summed E-state index contributed by atoms with van der Waals surface area (Å²) in [7, 11) is -4.05. The topological polar surface area (TPSA) is 86.5 Å². The fourth-order valence-corrected chi connectivity index (χ4v) is 3.20. The lowest BCUT2D eigenvalue weighted by Crippen LogP contribution is -2.12. The van der Waals surface area contributed by atoms with E-state index in [1.165, 1.54) is 19.1 Å². The van der Waals surface area contributed by atoms with Crippen LogP contribution in [-0.2, 0) is 10.1 Å². The Hall–Kier alpha value is -2.41. The van der Waals surface area contributed by atoms with Crippen LogP contribution in [0.5, 0.6) is 5.75 Å². The monoisotopic (exact) mass is 321 g/mol. The molecule has 2 aromatic rings. The Kier molecular flexibility index (Phi) is 4.18. The molecule has 0 heterocycles. The summed E-state index contributed by atoms with van der Waals surface area (Å²) in [5.74, 6) is 0.248. The first-order valence-electron chi connectivity index (χ1n) is 6.48. The van der Waals surface area contributed by atoms with E-state index in [1.54, 1.807) is 19.1 Å². The van der Waals surface area contributed by atoms with Crippen LogP contribution in [-0.4, -0.2) is 13.3 Å². The second kappa shape index (κ2) is 5.76. The van der Waals surface area contributed by atoms with Crippen LogP contribution in [0.2, 0.25) is 0 Å². The SMILES string of the molecule is Cc1cc([N+](=O)[O-])ccc1S(=O)(=O)Oc1cccc(C)c1C. The summed E-state index contributed by atoms with van der Waals surface area (Å²) in [4.78, 5) is 10.1. The van der Waals surface area contributed by atoms with E-state index >= 15 is 0 Å². The predicted molar refractivity (Wildman–Crippen MR) is 81.6 cm³/mol. The van der Waals surface area contributed by atoms with Crippen LogP contribution >= 0.6 is 0 Å². The predicted octanol–water partition coefficient (Wildman–Crippen LogP) is 3.29. The fourth-order valence-electron chi connectivity index (χ4n) is 2.01. The lowest BCUT2D eigenvalue weighted by Gasteiger charge is -2.12. The molecule has 0 saturated heterocycles. The van der Waals surface area contributed by atoms with Gasteiger partial charge in [0.05, 0.1) is 4.92 Å². The molecule has 2 aromatic carbocycles. The average molecular weight is 321 g/mol.